The van der Waals surface area contributed by atoms with Gasteiger partial charge in [0.1, 0.15) is 0 Å². The Morgan fingerprint density at radius 2 is 2.04 bits per heavy atom. The summed E-state index contributed by atoms with van der Waals surface area (Å²) in [5.74, 6) is 0. The van der Waals surface area contributed by atoms with Gasteiger partial charge in [-0.2, -0.15) is 0 Å². The standard InChI is InChI=1S/C19H20N4O3/c1-14-13-16(15-7-6-8-17(23(25)26)19(15)21-14)20-10-3-5-12-22-11-4-2-9-18(22)24/h2,4,6-9,11,13H,3,5,10,12H2,1H3,(H,20,21). The summed E-state index contributed by atoms with van der Waals surface area (Å²) in [5, 5.41) is 15.3. The van der Waals surface area contributed by atoms with Crippen LogP contribution in [0.1, 0.15) is 18.5 Å². The summed E-state index contributed by atoms with van der Waals surface area (Å²) in [6.07, 6.45) is 3.52. The van der Waals surface area contributed by atoms with Crippen molar-refractivity contribution >= 4 is 22.3 Å². The van der Waals surface area contributed by atoms with Crippen LogP contribution in [0.15, 0.2) is 53.5 Å². The van der Waals surface area contributed by atoms with E-state index in [4.69, 9.17) is 0 Å². The molecule has 0 fully saturated rings. The van der Waals surface area contributed by atoms with Gasteiger partial charge in [-0.05, 0) is 31.9 Å². The lowest BCUT2D eigenvalue weighted by Crippen LogP contribution is -2.18. The molecule has 0 saturated heterocycles. The molecule has 0 spiro atoms. The summed E-state index contributed by atoms with van der Waals surface area (Å²) in [5.41, 5.74) is 1.98. The van der Waals surface area contributed by atoms with E-state index in [1.807, 2.05) is 25.1 Å². The minimum Gasteiger partial charge on any atom is -0.384 e. The lowest BCUT2D eigenvalue weighted by atomic mass is 10.1. The zero-order chi connectivity index (χ0) is 18.5. The molecule has 3 aromatic rings. The minimum absolute atomic E-state index is 0.00326. The number of benzene rings is 1. The maximum Gasteiger partial charge on any atom is 0.295 e. The number of rotatable bonds is 7. The van der Waals surface area contributed by atoms with Crippen LogP contribution in [0.5, 0.6) is 0 Å². The maximum absolute atomic E-state index is 11.7. The van der Waals surface area contributed by atoms with Crippen LogP contribution in [0.3, 0.4) is 0 Å². The fourth-order valence-corrected chi connectivity index (χ4v) is 2.93. The maximum atomic E-state index is 11.7. The third-order valence-electron chi connectivity index (χ3n) is 4.18. The van der Waals surface area contributed by atoms with Crippen LogP contribution in [0.25, 0.3) is 10.9 Å². The number of non-ortho nitro benzene ring substituents is 1. The van der Waals surface area contributed by atoms with Crippen molar-refractivity contribution in [2.75, 3.05) is 11.9 Å². The summed E-state index contributed by atoms with van der Waals surface area (Å²) in [6, 6.07) is 12.0. The van der Waals surface area contributed by atoms with Crippen LogP contribution in [-0.2, 0) is 6.54 Å². The molecule has 0 aliphatic rings. The van der Waals surface area contributed by atoms with Crippen molar-refractivity contribution in [1.29, 1.82) is 0 Å². The summed E-state index contributed by atoms with van der Waals surface area (Å²) >= 11 is 0. The van der Waals surface area contributed by atoms with E-state index in [1.54, 1.807) is 29.0 Å². The first kappa shape index (κ1) is 17.6. The second kappa shape index (κ2) is 7.77. The Balaban J connectivity index is 1.67. The second-order valence-corrected chi connectivity index (χ2v) is 6.11. The molecule has 3 rings (SSSR count). The monoisotopic (exact) mass is 352 g/mol. The molecule has 2 heterocycles. The predicted octanol–water partition coefficient (Wildman–Crippen LogP) is 3.51. The first-order valence-electron chi connectivity index (χ1n) is 8.50. The van der Waals surface area contributed by atoms with E-state index in [-0.39, 0.29) is 11.2 Å². The van der Waals surface area contributed by atoms with Crippen molar-refractivity contribution < 1.29 is 4.92 Å². The SMILES string of the molecule is Cc1cc(NCCCCn2ccccc2=O)c2cccc([N+](=O)[O-])c2n1. The molecule has 0 aliphatic carbocycles. The van der Waals surface area contributed by atoms with Crippen molar-refractivity contribution in [3.8, 4) is 0 Å². The molecule has 0 radical (unpaired) electrons. The molecule has 26 heavy (non-hydrogen) atoms. The van der Waals surface area contributed by atoms with Gasteiger partial charge in [-0.1, -0.05) is 18.2 Å². The fourth-order valence-electron chi connectivity index (χ4n) is 2.93. The zero-order valence-electron chi connectivity index (χ0n) is 14.5. The molecule has 0 saturated carbocycles. The average molecular weight is 352 g/mol. The van der Waals surface area contributed by atoms with Gasteiger partial charge in [0.25, 0.3) is 5.69 Å². The van der Waals surface area contributed by atoms with E-state index in [0.29, 0.717) is 18.6 Å². The zero-order valence-corrected chi connectivity index (χ0v) is 14.5. The van der Waals surface area contributed by atoms with E-state index in [0.717, 1.165) is 29.6 Å². The highest BCUT2D eigenvalue weighted by Crippen LogP contribution is 2.29. The van der Waals surface area contributed by atoms with Gasteiger partial charge in [0, 0.05) is 48.2 Å². The Morgan fingerprint density at radius 3 is 2.81 bits per heavy atom. The molecule has 0 bridgehead atoms. The van der Waals surface area contributed by atoms with Crippen molar-refractivity contribution in [2.45, 2.75) is 26.3 Å². The molecule has 134 valence electrons. The summed E-state index contributed by atoms with van der Waals surface area (Å²) < 4.78 is 1.69. The normalized spacial score (nSPS) is 10.8. The Hall–Kier alpha value is -3.22. The van der Waals surface area contributed by atoms with Crippen LogP contribution in [0.2, 0.25) is 0 Å². The average Bonchev–Trinajstić information content (AvgIpc) is 2.62. The van der Waals surface area contributed by atoms with Gasteiger partial charge >= 0.3 is 0 Å². The van der Waals surface area contributed by atoms with Gasteiger partial charge in [0.2, 0.25) is 5.56 Å². The number of hydrogen-bond donors (Lipinski definition) is 1. The molecule has 0 aliphatic heterocycles. The number of para-hydroxylation sites is 1. The first-order chi connectivity index (χ1) is 12.6. The number of nitro benzene ring substituents is 1. The molecule has 1 aromatic carbocycles. The van der Waals surface area contributed by atoms with Crippen molar-refractivity contribution in [1.82, 2.24) is 9.55 Å². The number of aryl methyl sites for hydroxylation is 2. The van der Waals surface area contributed by atoms with Crippen LogP contribution < -0.4 is 10.9 Å². The van der Waals surface area contributed by atoms with Gasteiger partial charge in [-0.25, -0.2) is 4.98 Å². The van der Waals surface area contributed by atoms with E-state index in [9.17, 15) is 14.9 Å². The van der Waals surface area contributed by atoms with Crippen LogP contribution >= 0.6 is 0 Å². The highest BCUT2D eigenvalue weighted by Gasteiger charge is 2.15. The Kier molecular flexibility index (Phi) is 5.26. The number of unbranched alkanes of at least 4 members (excludes halogenated alkanes) is 1. The molecule has 2 aromatic heterocycles. The highest BCUT2D eigenvalue weighted by molar-refractivity contribution is 5.96. The minimum atomic E-state index is -0.407. The third-order valence-corrected chi connectivity index (χ3v) is 4.18. The summed E-state index contributed by atoms with van der Waals surface area (Å²) in [4.78, 5) is 26.8. The quantitative estimate of drug-likeness (QED) is 0.399. The van der Waals surface area contributed by atoms with Gasteiger partial charge in [-0.15, -0.1) is 0 Å². The molecule has 7 heteroatoms. The smallest absolute Gasteiger partial charge is 0.295 e. The second-order valence-electron chi connectivity index (χ2n) is 6.11. The Morgan fingerprint density at radius 1 is 1.19 bits per heavy atom. The third kappa shape index (κ3) is 3.88. The molecule has 1 N–H and O–H groups in total. The number of nitro groups is 1. The van der Waals surface area contributed by atoms with Gasteiger partial charge < -0.3 is 9.88 Å². The van der Waals surface area contributed by atoms with E-state index in [1.165, 1.54) is 6.07 Å². The molecule has 0 atom stereocenters. The van der Waals surface area contributed by atoms with Gasteiger partial charge in [0.15, 0.2) is 5.52 Å². The molecular formula is C19H20N4O3. The molecule has 0 unspecified atom stereocenters. The highest BCUT2D eigenvalue weighted by atomic mass is 16.6. The van der Waals surface area contributed by atoms with Crippen molar-refractivity contribution in [3.63, 3.8) is 0 Å². The molecule has 7 nitrogen and oxygen atoms in total. The van der Waals surface area contributed by atoms with E-state index < -0.39 is 4.92 Å². The van der Waals surface area contributed by atoms with Crippen molar-refractivity contribution in [2.24, 2.45) is 0 Å². The first-order valence-corrected chi connectivity index (χ1v) is 8.50. The van der Waals surface area contributed by atoms with Crippen LogP contribution in [-0.4, -0.2) is 21.0 Å². The van der Waals surface area contributed by atoms with E-state index >= 15 is 0 Å². The van der Waals surface area contributed by atoms with Crippen LogP contribution in [0, 0.1) is 17.0 Å². The number of nitrogens with one attached hydrogen (secondary N) is 1. The number of pyridine rings is 2. The molecule has 0 amide bonds. The fraction of sp³-hybridized carbons (Fsp3) is 0.263. The molecular weight excluding hydrogens is 332 g/mol. The Labute approximate surface area is 150 Å². The largest absolute Gasteiger partial charge is 0.384 e. The summed E-state index contributed by atoms with van der Waals surface area (Å²) in [7, 11) is 0. The van der Waals surface area contributed by atoms with Crippen molar-refractivity contribution in [3.05, 3.63) is 74.8 Å². The topological polar surface area (TPSA) is 90.1 Å². The number of anilines is 1. The van der Waals surface area contributed by atoms with E-state index in [2.05, 4.69) is 10.3 Å². The van der Waals surface area contributed by atoms with Crippen LogP contribution in [0.4, 0.5) is 11.4 Å². The number of fused-ring (bicyclic) bond motifs is 1. The summed E-state index contributed by atoms with van der Waals surface area (Å²) in [6.45, 7) is 3.20. The number of hydrogen-bond acceptors (Lipinski definition) is 5. The Bertz CT molecular complexity index is 997. The van der Waals surface area contributed by atoms with Gasteiger partial charge in [-0.3, -0.25) is 14.9 Å². The number of aromatic nitrogens is 2. The lowest BCUT2D eigenvalue weighted by Gasteiger charge is -2.11. The number of nitrogens with zero attached hydrogens (tertiary/aromatic N) is 3. The predicted molar refractivity (Wildman–Crippen MR) is 102 cm³/mol. The van der Waals surface area contributed by atoms with Gasteiger partial charge in [0.05, 0.1) is 4.92 Å². The lowest BCUT2D eigenvalue weighted by molar-refractivity contribution is -0.383.